The van der Waals surface area contributed by atoms with E-state index in [-0.39, 0.29) is 6.42 Å². The van der Waals surface area contributed by atoms with E-state index in [1.807, 2.05) is 6.07 Å². The monoisotopic (exact) mass is 294 g/mol. The van der Waals surface area contributed by atoms with Crippen molar-refractivity contribution in [2.45, 2.75) is 51.9 Å². The van der Waals surface area contributed by atoms with Gasteiger partial charge in [0.25, 0.3) is 0 Å². The zero-order chi connectivity index (χ0) is 14.9. The third-order valence-corrected chi connectivity index (χ3v) is 5.47. The summed E-state index contributed by atoms with van der Waals surface area (Å²) in [6, 6.07) is 1.87. The summed E-state index contributed by atoms with van der Waals surface area (Å²) in [5.41, 5.74) is 11.5. The number of nitrogens with two attached hydrogens (primary N) is 2. The normalized spacial score (nSPS) is 18.9. The Balaban J connectivity index is 2.21. The summed E-state index contributed by atoms with van der Waals surface area (Å²) in [6.45, 7) is 4.59. The molecule has 0 saturated heterocycles. The fraction of sp³-hybridized carbons (Fsp3) is 0.600. The van der Waals surface area contributed by atoms with Crippen LogP contribution in [0.3, 0.4) is 0 Å². The lowest BCUT2D eigenvalue weighted by Crippen LogP contribution is -2.19. The standard InChI is InChI=1S/C15H22N2O2S/c1-15(2)5-3-9(4-6-15)11-7-10(14(17)19)12(20-11)8-13(16)18/h7,9H,3-6,8H2,1-2H3,(H2,16,18)(H2,17,19). The van der Waals surface area contributed by atoms with Crippen LogP contribution in [0.4, 0.5) is 0 Å². The molecule has 20 heavy (non-hydrogen) atoms. The summed E-state index contributed by atoms with van der Waals surface area (Å²) in [5, 5.41) is 0. The highest BCUT2D eigenvalue weighted by molar-refractivity contribution is 7.12. The van der Waals surface area contributed by atoms with Crippen LogP contribution in [0.1, 0.15) is 65.6 Å². The molecule has 1 fully saturated rings. The van der Waals surface area contributed by atoms with Gasteiger partial charge in [0.2, 0.25) is 11.8 Å². The van der Waals surface area contributed by atoms with E-state index in [0.29, 0.717) is 21.8 Å². The van der Waals surface area contributed by atoms with Gasteiger partial charge in [-0.15, -0.1) is 11.3 Å². The highest BCUT2D eigenvalue weighted by Gasteiger charge is 2.29. The van der Waals surface area contributed by atoms with Gasteiger partial charge in [0, 0.05) is 9.75 Å². The van der Waals surface area contributed by atoms with E-state index in [4.69, 9.17) is 11.5 Å². The van der Waals surface area contributed by atoms with Crippen molar-refractivity contribution in [3.8, 4) is 0 Å². The zero-order valence-electron chi connectivity index (χ0n) is 12.1. The molecule has 1 aliphatic carbocycles. The molecular weight excluding hydrogens is 272 g/mol. The van der Waals surface area contributed by atoms with Crippen molar-refractivity contribution in [2.75, 3.05) is 0 Å². The van der Waals surface area contributed by atoms with Gasteiger partial charge in [-0.05, 0) is 43.1 Å². The van der Waals surface area contributed by atoms with Crippen molar-refractivity contribution >= 4 is 23.2 Å². The van der Waals surface area contributed by atoms with Crippen LogP contribution in [0.15, 0.2) is 6.07 Å². The Morgan fingerprint density at radius 1 is 1.30 bits per heavy atom. The topological polar surface area (TPSA) is 86.2 Å². The van der Waals surface area contributed by atoms with Crippen LogP contribution in [0.5, 0.6) is 0 Å². The Labute approximate surface area is 123 Å². The molecule has 0 radical (unpaired) electrons. The molecule has 1 aromatic rings. The predicted molar refractivity (Wildman–Crippen MR) is 80.7 cm³/mol. The van der Waals surface area contributed by atoms with Crippen LogP contribution in [-0.2, 0) is 11.2 Å². The summed E-state index contributed by atoms with van der Waals surface area (Å²) in [4.78, 5) is 24.5. The Morgan fingerprint density at radius 2 is 1.90 bits per heavy atom. The summed E-state index contributed by atoms with van der Waals surface area (Å²) >= 11 is 1.52. The molecule has 1 aliphatic rings. The Kier molecular flexibility index (Phi) is 4.18. The molecule has 0 bridgehead atoms. The first-order valence-electron chi connectivity index (χ1n) is 6.99. The number of rotatable bonds is 4. The van der Waals surface area contributed by atoms with Gasteiger partial charge in [0.15, 0.2) is 0 Å². The highest BCUT2D eigenvalue weighted by atomic mass is 32.1. The van der Waals surface area contributed by atoms with Gasteiger partial charge in [-0.3, -0.25) is 9.59 Å². The third kappa shape index (κ3) is 3.39. The molecule has 1 saturated carbocycles. The molecule has 0 unspecified atom stereocenters. The minimum absolute atomic E-state index is 0.0984. The number of primary amides is 2. The highest BCUT2D eigenvalue weighted by Crippen LogP contribution is 2.44. The molecule has 0 spiro atoms. The number of hydrogen-bond acceptors (Lipinski definition) is 3. The molecule has 1 heterocycles. The van der Waals surface area contributed by atoms with Gasteiger partial charge < -0.3 is 11.5 Å². The third-order valence-electron chi connectivity index (χ3n) is 4.17. The lowest BCUT2D eigenvalue weighted by molar-refractivity contribution is -0.117. The van der Waals surface area contributed by atoms with Crippen LogP contribution in [0, 0.1) is 5.41 Å². The van der Waals surface area contributed by atoms with E-state index in [1.165, 1.54) is 29.1 Å². The molecule has 0 aliphatic heterocycles. The lowest BCUT2D eigenvalue weighted by Gasteiger charge is -2.33. The predicted octanol–water partition coefficient (Wildman–Crippen LogP) is 2.56. The molecule has 5 heteroatoms. The van der Waals surface area contributed by atoms with Crippen LogP contribution in [0.2, 0.25) is 0 Å². The quantitative estimate of drug-likeness (QED) is 0.894. The Bertz CT molecular complexity index is 524. The van der Waals surface area contributed by atoms with Crippen molar-refractivity contribution in [1.82, 2.24) is 0 Å². The number of carbonyl (C=O) groups is 2. The summed E-state index contributed by atoms with van der Waals surface area (Å²) in [7, 11) is 0. The number of hydrogen-bond donors (Lipinski definition) is 2. The van der Waals surface area contributed by atoms with Gasteiger partial charge in [0.1, 0.15) is 0 Å². The summed E-state index contributed by atoms with van der Waals surface area (Å²) in [5.74, 6) is -0.418. The minimum Gasteiger partial charge on any atom is -0.369 e. The average Bonchev–Trinajstić information content (AvgIpc) is 2.72. The van der Waals surface area contributed by atoms with Gasteiger partial charge in [-0.2, -0.15) is 0 Å². The van der Waals surface area contributed by atoms with E-state index in [2.05, 4.69) is 13.8 Å². The Hall–Kier alpha value is -1.36. The summed E-state index contributed by atoms with van der Waals surface area (Å²) in [6.07, 6.45) is 4.73. The van der Waals surface area contributed by atoms with Crippen LogP contribution < -0.4 is 11.5 Å². The van der Waals surface area contributed by atoms with Crippen molar-refractivity contribution in [2.24, 2.45) is 16.9 Å². The molecule has 2 rings (SSSR count). The smallest absolute Gasteiger partial charge is 0.249 e. The first kappa shape index (κ1) is 15.0. The van der Waals surface area contributed by atoms with Gasteiger partial charge in [-0.25, -0.2) is 0 Å². The molecule has 4 N–H and O–H groups in total. The maximum atomic E-state index is 11.5. The second-order valence-corrected chi connectivity index (χ2v) is 7.60. The van der Waals surface area contributed by atoms with E-state index in [1.54, 1.807) is 0 Å². The molecule has 1 aromatic heterocycles. The van der Waals surface area contributed by atoms with Crippen molar-refractivity contribution in [3.63, 3.8) is 0 Å². The van der Waals surface area contributed by atoms with Gasteiger partial charge in [-0.1, -0.05) is 13.8 Å². The zero-order valence-corrected chi connectivity index (χ0v) is 12.9. The number of carbonyl (C=O) groups excluding carboxylic acids is 2. The second kappa shape index (κ2) is 5.56. The Morgan fingerprint density at radius 3 is 2.40 bits per heavy atom. The molecule has 4 nitrogen and oxygen atoms in total. The van der Waals surface area contributed by atoms with Crippen LogP contribution >= 0.6 is 11.3 Å². The fourth-order valence-corrected chi connectivity index (χ4v) is 4.18. The number of amides is 2. The van der Waals surface area contributed by atoms with Crippen molar-refractivity contribution in [1.29, 1.82) is 0 Å². The fourth-order valence-electron chi connectivity index (χ4n) is 2.83. The van der Waals surface area contributed by atoms with Crippen molar-refractivity contribution < 1.29 is 9.59 Å². The van der Waals surface area contributed by atoms with Crippen LogP contribution in [0.25, 0.3) is 0 Å². The lowest BCUT2D eigenvalue weighted by atomic mass is 9.73. The molecular formula is C15H22N2O2S. The van der Waals surface area contributed by atoms with Crippen molar-refractivity contribution in [3.05, 3.63) is 21.4 Å². The van der Waals surface area contributed by atoms with Gasteiger partial charge >= 0.3 is 0 Å². The molecule has 110 valence electrons. The van der Waals surface area contributed by atoms with E-state index in [0.717, 1.165) is 12.8 Å². The second-order valence-electron chi connectivity index (χ2n) is 6.43. The average molecular weight is 294 g/mol. The van der Waals surface area contributed by atoms with E-state index >= 15 is 0 Å². The first-order chi connectivity index (χ1) is 9.28. The number of thiophene rings is 1. The van der Waals surface area contributed by atoms with E-state index in [9.17, 15) is 9.59 Å². The van der Waals surface area contributed by atoms with E-state index < -0.39 is 11.8 Å². The maximum absolute atomic E-state index is 11.5. The minimum atomic E-state index is -0.472. The maximum Gasteiger partial charge on any atom is 0.249 e. The van der Waals surface area contributed by atoms with Crippen LogP contribution in [-0.4, -0.2) is 11.8 Å². The largest absolute Gasteiger partial charge is 0.369 e. The SMILES string of the molecule is CC1(C)CCC(c2cc(C(N)=O)c(CC(N)=O)s2)CC1. The molecule has 0 atom stereocenters. The van der Waals surface area contributed by atoms with Gasteiger partial charge in [0.05, 0.1) is 12.0 Å². The molecule has 0 aromatic carbocycles. The first-order valence-corrected chi connectivity index (χ1v) is 7.81. The molecule has 2 amide bonds. The summed E-state index contributed by atoms with van der Waals surface area (Å²) < 4.78 is 0.